The molecule has 1 amide bonds. The highest BCUT2D eigenvalue weighted by Gasteiger charge is 2.35. The molecule has 24 heavy (non-hydrogen) atoms. The van der Waals surface area contributed by atoms with E-state index < -0.39 is 11.9 Å². The summed E-state index contributed by atoms with van der Waals surface area (Å²) < 4.78 is 9.81. The zero-order chi connectivity index (χ0) is 17.5. The SMILES string of the molecule is CCOC(=O)CCC1CCc2ccccc2N1C(=O)C(=O)OCC. The van der Waals surface area contributed by atoms with Gasteiger partial charge in [-0.2, -0.15) is 0 Å². The number of anilines is 1. The van der Waals surface area contributed by atoms with Crippen molar-refractivity contribution in [2.75, 3.05) is 18.1 Å². The van der Waals surface area contributed by atoms with Gasteiger partial charge in [0.1, 0.15) is 0 Å². The normalized spacial score (nSPS) is 16.2. The molecule has 1 aromatic carbocycles. The Labute approximate surface area is 141 Å². The van der Waals surface area contributed by atoms with Crippen molar-refractivity contribution in [3.05, 3.63) is 29.8 Å². The molecule has 130 valence electrons. The first-order valence-corrected chi connectivity index (χ1v) is 8.32. The molecule has 0 fully saturated rings. The average molecular weight is 333 g/mol. The van der Waals surface area contributed by atoms with Crippen LogP contribution in [0.3, 0.4) is 0 Å². The van der Waals surface area contributed by atoms with E-state index in [0.717, 1.165) is 17.7 Å². The molecule has 1 aliphatic rings. The van der Waals surface area contributed by atoms with E-state index in [4.69, 9.17) is 9.47 Å². The van der Waals surface area contributed by atoms with E-state index in [1.165, 1.54) is 4.90 Å². The Balaban J connectivity index is 2.21. The van der Waals surface area contributed by atoms with E-state index in [2.05, 4.69) is 0 Å². The lowest BCUT2D eigenvalue weighted by molar-refractivity contribution is -0.153. The van der Waals surface area contributed by atoms with Crippen molar-refractivity contribution in [3.8, 4) is 0 Å². The molecule has 0 bridgehead atoms. The van der Waals surface area contributed by atoms with Crippen LogP contribution in [0.1, 0.15) is 38.7 Å². The maximum Gasteiger partial charge on any atom is 0.397 e. The Morgan fingerprint density at radius 1 is 1.12 bits per heavy atom. The predicted octanol–water partition coefficient (Wildman–Crippen LogP) is 2.24. The fraction of sp³-hybridized carbons (Fsp3) is 0.500. The van der Waals surface area contributed by atoms with Crippen LogP contribution in [0.2, 0.25) is 0 Å². The topological polar surface area (TPSA) is 72.9 Å². The molecule has 1 heterocycles. The molecule has 0 saturated heterocycles. The van der Waals surface area contributed by atoms with Crippen LogP contribution < -0.4 is 4.90 Å². The first-order chi connectivity index (χ1) is 11.6. The zero-order valence-electron chi connectivity index (χ0n) is 14.1. The molecular formula is C18H23NO5. The number of benzene rings is 1. The third kappa shape index (κ3) is 4.13. The quantitative estimate of drug-likeness (QED) is 0.610. The molecule has 0 spiro atoms. The monoisotopic (exact) mass is 333 g/mol. The van der Waals surface area contributed by atoms with E-state index in [-0.39, 0.29) is 25.0 Å². The number of fused-ring (bicyclic) bond motifs is 1. The summed E-state index contributed by atoms with van der Waals surface area (Å²) in [4.78, 5) is 37.6. The Kier molecular flexibility index (Phi) is 6.35. The maximum absolute atomic E-state index is 12.6. The second kappa shape index (κ2) is 8.47. The van der Waals surface area contributed by atoms with Crippen molar-refractivity contribution in [2.24, 2.45) is 0 Å². The first-order valence-electron chi connectivity index (χ1n) is 8.32. The number of rotatable bonds is 5. The van der Waals surface area contributed by atoms with Gasteiger partial charge in [-0.1, -0.05) is 18.2 Å². The largest absolute Gasteiger partial charge is 0.466 e. The molecule has 0 aromatic heterocycles. The van der Waals surface area contributed by atoms with E-state index in [1.807, 2.05) is 24.3 Å². The highest BCUT2D eigenvalue weighted by Crippen LogP contribution is 2.32. The van der Waals surface area contributed by atoms with Crippen LogP contribution in [0, 0.1) is 0 Å². The molecular weight excluding hydrogens is 310 g/mol. The standard InChI is InChI=1S/C18H23NO5/c1-3-23-16(20)12-11-14-10-9-13-7-5-6-8-15(13)19(14)17(21)18(22)24-4-2/h5-8,14H,3-4,9-12H2,1-2H3. The number of carbonyl (C=O) groups excluding carboxylic acids is 3. The van der Waals surface area contributed by atoms with Crippen molar-refractivity contribution >= 4 is 23.5 Å². The van der Waals surface area contributed by atoms with Gasteiger partial charge < -0.3 is 9.47 Å². The van der Waals surface area contributed by atoms with Gasteiger partial charge in [0.25, 0.3) is 0 Å². The number of amides is 1. The average Bonchev–Trinajstić information content (AvgIpc) is 2.59. The summed E-state index contributed by atoms with van der Waals surface area (Å²) in [5, 5.41) is 0. The number of hydrogen-bond acceptors (Lipinski definition) is 5. The molecule has 1 atom stereocenters. The smallest absolute Gasteiger partial charge is 0.397 e. The third-order valence-corrected chi connectivity index (χ3v) is 4.02. The maximum atomic E-state index is 12.6. The van der Waals surface area contributed by atoms with Gasteiger partial charge >= 0.3 is 17.8 Å². The lowest BCUT2D eigenvalue weighted by atomic mass is 9.93. The zero-order valence-corrected chi connectivity index (χ0v) is 14.1. The highest BCUT2D eigenvalue weighted by atomic mass is 16.5. The Hall–Kier alpha value is -2.37. The summed E-state index contributed by atoms with van der Waals surface area (Å²) in [6, 6.07) is 7.29. The van der Waals surface area contributed by atoms with Gasteiger partial charge in [-0.05, 0) is 44.7 Å². The number of para-hydroxylation sites is 1. The van der Waals surface area contributed by atoms with Gasteiger partial charge in [0.2, 0.25) is 0 Å². The number of nitrogens with zero attached hydrogens (tertiary/aromatic N) is 1. The Morgan fingerprint density at radius 3 is 2.54 bits per heavy atom. The summed E-state index contributed by atoms with van der Waals surface area (Å²) >= 11 is 0. The second-order valence-corrected chi connectivity index (χ2v) is 5.56. The second-order valence-electron chi connectivity index (χ2n) is 5.56. The fourth-order valence-corrected chi connectivity index (χ4v) is 2.96. The molecule has 0 aliphatic carbocycles. The number of aryl methyl sites for hydroxylation is 1. The van der Waals surface area contributed by atoms with Crippen molar-refractivity contribution in [1.29, 1.82) is 0 Å². The summed E-state index contributed by atoms with van der Waals surface area (Å²) in [5.74, 6) is -1.84. The Bertz CT molecular complexity index is 613. The number of esters is 2. The lowest BCUT2D eigenvalue weighted by Gasteiger charge is -2.36. The minimum atomic E-state index is -0.865. The minimum Gasteiger partial charge on any atom is -0.466 e. The number of ether oxygens (including phenoxy) is 2. The molecule has 0 N–H and O–H groups in total. The summed E-state index contributed by atoms with van der Waals surface area (Å²) in [6.07, 6.45) is 2.17. The number of carbonyl (C=O) groups is 3. The van der Waals surface area contributed by atoms with Crippen LogP contribution in [-0.4, -0.2) is 37.1 Å². The lowest BCUT2D eigenvalue weighted by Crippen LogP contribution is -2.47. The molecule has 6 heteroatoms. The van der Waals surface area contributed by atoms with Gasteiger partial charge in [-0.3, -0.25) is 14.5 Å². The van der Waals surface area contributed by atoms with Gasteiger partial charge in [-0.25, -0.2) is 4.79 Å². The predicted molar refractivity (Wildman–Crippen MR) is 88.5 cm³/mol. The van der Waals surface area contributed by atoms with Gasteiger partial charge in [0, 0.05) is 18.2 Å². The van der Waals surface area contributed by atoms with Gasteiger partial charge in [0.05, 0.1) is 13.2 Å². The molecule has 1 aliphatic heterocycles. The summed E-state index contributed by atoms with van der Waals surface area (Å²) in [5.41, 5.74) is 1.73. The van der Waals surface area contributed by atoms with E-state index in [0.29, 0.717) is 19.4 Å². The molecule has 1 unspecified atom stereocenters. The van der Waals surface area contributed by atoms with Crippen molar-refractivity contribution in [3.63, 3.8) is 0 Å². The summed E-state index contributed by atoms with van der Waals surface area (Å²) in [7, 11) is 0. The van der Waals surface area contributed by atoms with Crippen molar-refractivity contribution in [1.82, 2.24) is 0 Å². The molecule has 2 rings (SSSR count). The van der Waals surface area contributed by atoms with E-state index in [1.54, 1.807) is 13.8 Å². The molecule has 6 nitrogen and oxygen atoms in total. The van der Waals surface area contributed by atoms with Crippen LogP contribution in [-0.2, 0) is 30.3 Å². The van der Waals surface area contributed by atoms with E-state index in [9.17, 15) is 14.4 Å². The first kappa shape index (κ1) is 18.0. The van der Waals surface area contributed by atoms with Crippen LogP contribution in [0.4, 0.5) is 5.69 Å². The minimum absolute atomic E-state index is 0.146. The third-order valence-electron chi connectivity index (χ3n) is 4.02. The van der Waals surface area contributed by atoms with Gasteiger partial charge in [0.15, 0.2) is 0 Å². The fourth-order valence-electron chi connectivity index (χ4n) is 2.96. The number of hydrogen-bond donors (Lipinski definition) is 0. The summed E-state index contributed by atoms with van der Waals surface area (Å²) in [6.45, 7) is 3.89. The highest BCUT2D eigenvalue weighted by molar-refractivity contribution is 6.38. The molecule has 0 radical (unpaired) electrons. The van der Waals surface area contributed by atoms with Crippen molar-refractivity contribution < 1.29 is 23.9 Å². The Morgan fingerprint density at radius 2 is 1.83 bits per heavy atom. The van der Waals surface area contributed by atoms with E-state index >= 15 is 0 Å². The molecule has 1 aromatic rings. The van der Waals surface area contributed by atoms with Crippen LogP contribution in [0.25, 0.3) is 0 Å². The molecule has 0 saturated carbocycles. The van der Waals surface area contributed by atoms with Crippen LogP contribution in [0.5, 0.6) is 0 Å². The van der Waals surface area contributed by atoms with Crippen molar-refractivity contribution in [2.45, 2.75) is 45.6 Å². The van der Waals surface area contributed by atoms with Gasteiger partial charge in [-0.15, -0.1) is 0 Å². The van der Waals surface area contributed by atoms with Crippen LogP contribution >= 0.6 is 0 Å². The van der Waals surface area contributed by atoms with Crippen LogP contribution in [0.15, 0.2) is 24.3 Å².